The van der Waals surface area contributed by atoms with E-state index in [1.807, 2.05) is 0 Å². The number of alkyl halides is 1. The average molecular weight is 769 g/mol. The second-order valence-corrected chi connectivity index (χ2v) is 12.0. The van der Waals surface area contributed by atoms with Gasteiger partial charge in [-0.1, -0.05) is 94.2 Å². The van der Waals surface area contributed by atoms with Crippen molar-refractivity contribution in [3.63, 3.8) is 0 Å². The third-order valence-electron chi connectivity index (χ3n) is 3.39. The largest absolute Gasteiger partial charge is 0.285 e. The van der Waals surface area contributed by atoms with Crippen molar-refractivity contribution in [2.45, 2.75) is 9.57 Å². The summed E-state index contributed by atoms with van der Waals surface area (Å²) < 4.78 is 34.6. The summed E-state index contributed by atoms with van der Waals surface area (Å²) in [6.07, 6.45) is 0. The van der Waals surface area contributed by atoms with Crippen molar-refractivity contribution in [3.05, 3.63) is 49.6 Å². The number of benzene rings is 1. The summed E-state index contributed by atoms with van der Waals surface area (Å²) in [4.78, 5) is -1.02. The smallest absolute Gasteiger partial charge is 0.281 e. The van der Waals surface area contributed by atoms with Crippen LogP contribution in [0.1, 0.15) is 5.56 Å². The molecule has 3 nitrogen and oxygen atoms in total. The lowest BCUT2D eigenvalue weighted by Gasteiger charge is -2.40. The van der Waals surface area contributed by atoms with Gasteiger partial charge in [0.15, 0.2) is 4.75 Å². The summed E-state index contributed by atoms with van der Waals surface area (Å²) in [5.74, 6) is 0. The highest BCUT2D eigenvalue weighted by atomic mass is 79.9. The quantitative estimate of drug-likeness (QED) is 0.188. The number of hydrogen-bond acceptors (Lipinski definition) is 2. The molecule has 0 fully saturated rings. The van der Waals surface area contributed by atoms with E-state index in [2.05, 4.69) is 79.6 Å². The Morgan fingerprint density at radius 3 is 1.80 bits per heavy atom. The Morgan fingerprint density at radius 2 is 1.40 bits per heavy atom. The molecule has 1 aliphatic carbocycles. The predicted octanol–water partition coefficient (Wildman–Crippen LogP) is 8.16. The zero-order valence-electron chi connectivity index (χ0n) is 11.2. The van der Waals surface area contributed by atoms with E-state index in [1.165, 1.54) is 6.07 Å². The highest BCUT2D eigenvalue weighted by molar-refractivity contribution is 9.17. The third kappa shape index (κ3) is 3.60. The summed E-state index contributed by atoms with van der Waals surface area (Å²) in [6, 6.07) is 1.29. The molecule has 0 radical (unpaired) electrons. The number of hydrogen-bond donors (Lipinski definition) is 1. The monoisotopic (exact) mass is 761 g/mol. The van der Waals surface area contributed by atoms with E-state index in [4.69, 9.17) is 46.4 Å². The first-order valence-electron chi connectivity index (χ1n) is 5.85. The molecular formula is C12H3Br5Cl4O3S. The van der Waals surface area contributed by atoms with Crippen molar-refractivity contribution in [3.8, 4) is 0 Å². The first kappa shape index (κ1) is 23.4. The van der Waals surface area contributed by atoms with Crippen LogP contribution in [0.25, 0.3) is 0 Å². The molecule has 1 aromatic rings. The second-order valence-electron chi connectivity index (χ2n) is 4.71. The van der Waals surface area contributed by atoms with Crippen LogP contribution in [0.2, 0.25) is 20.1 Å². The Morgan fingerprint density at radius 1 is 0.960 bits per heavy atom. The van der Waals surface area contributed by atoms with E-state index in [-0.39, 0.29) is 30.1 Å². The lowest BCUT2D eigenvalue weighted by atomic mass is 9.90. The first-order valence-corrected chi connectivity index (χ1v) is 12.9. The average Bonchev–Trinajstić information content (AvgIpc) is 2.51. The summed E-state index contributed by atoms with van der Waals surface area (Å²) in [5.41, 5.74) is -0.168. The molecule has 0 aliphatic heterocycles. The van der Waals surface area contributed by atoms with Gasteiger partial charge in [0.05, 0.1) is 24.9 Å². The van der Waals surface area contributed by atoms with Crippen LogP contribution >= 0.6 is 126 Å². The zero-order valence-corrected chi connectivity index (χ0v) is 23.0. The predicted molar refractivity (Wildman–Crippen MR) is 122 cm³/mol. The van der Waals surface area contributed by atoms with Gasteiger partial charge in [-0.15, -0.1) is 0 Å². The van der Waals surface area contributed by atoms with E-state index >= 15 is 0 Å². The van der Waals surface area contributed by atoms with Crippen LogP contribution in [0.4, 0.5) is 0 Å². The van der Waals surface area contributed by atoms with Crippen molar-refractivity contribution in [2.75, 3.05) is 0 Å². The molecule has 2 rings (SSSR count). The van der Waals surface area contributed by atoms with E-state index in [0.29, 0.717) is 13.4 Å². The third-order valence-corrected chi connectivity index (χ3v) is 13.8. The highest BCUT2D eigenvalue weighted by Crippen LogP contribution is 2.61. The van der Waals surface area contributed by atoms with Crippen LogP contribution in [-0.4, -0.2) is 17.8 Å². The van der Waals surface area contributed by atoms with Crippen LogP contribution in [0, 0.1) is 0 Å². The molecule has 0 saturated carbocycles. The number of allylic oxidation sites excluding steroid dienone is 3. The maximum Gasteiger partial charge on any atom is 0.281 e. The Labute approximate surface area is 205 Å². The lowest BCUT2D eigenvalue weighted by molar-refractivity contribution is 0.449. The molecule has 1 N–H and O–H groups in total. The van der Waals surface area contributed by atoms with E-state index in [1.54, 1.807) is 0 Å². The summed E-state index contributed by atoms with van der Waals surface area (Å²) in [7, 11) is -4.86. The first-order chi connectivity index (χ1) is 11.3. The normalized spacial score (nSPS) is 25.0. The molecule has 0 amide bonds. The van der Waals surface area contributed by atoms with Gasteiger partial charge < -0.3 is 0 Å². The molecule has 1 aliphatic rings. The molecule has 2 atom stereocenters. The van der Waals surface area contributed by atoms with Crippen molar-refractivity contribution in [1.29, 1.82) is 0 Å². The summed E-state index contributed by atoms with van der Waals surface area (Å²) >= 11 is 41.2. The molecule has 0 saturated heterocycles. The van der Waals surface area contributed by atoms with Crippen molar-refractivity contribution >= 4 is 136 Å². The van der Waals surface area contributed by atoms with Crippen LogP contribution in [0.15, 0.2) is 24.0 Å². The zero-order chi connectivity index (χ0) is 19.5. The Bertz CT molecular complexity index is 920. The SMILES string of the molecule is O=S(=O)(O)C1(c2c(Cl)c(Cl)cc(Cl)c2Cl)C(Br)=C(Br)C(Br)=C(Br)C1Br. The van der Waals surface area contributed by atoms with Crippen molar-refractivity contribution in [2.24, 2.45) is 0 Å². The minimum atomic E-state index is -4.86. The maximum atomic E-state index is 12.6. The number of rotatable bonds is 2. The molecule has 25 heavy (non-hydrogen) atoms. The lowest BCUT2D eigenvalue weighted by Crippen LogP contribution is -2.46. The Kier molecular flexibility index (Phi) is 7.62. The van der Waals surface area contributed by atoms with Gasteiger partial charge in [-0.2, -0.15) is 8.42 Å². The molecule has 2 unspecified atom stereocenters. The topological polar surface area (TPSA) is 54.4 Å². The van der Waals surface area contributed by atoms with Gasteiger partial charge in [0, 0.05) is 23.5 Å². The van der Waals surface area contributed by atoms with Crippen LogP contribution in [0.5, 0.6) is 0 Å². The minimum Gasteiger partial charge on any atom is -0.285 e. The van der Waals surface area contributed by atoms with Crippen molar-refractivity contribution < 1.29 is 13.0 Å². The van der Waals surface area contributed by atoms with Gasteiger partial charge in [0.25, 0.3) is 10.1 Å². The molecule has 13 heteroatoms. The van der Waals surface area contributed by atoms with Crippen LogP contribution < -0.4 is 0 Å². The molecule has 0 spiro atoms. The van der Waals surface area contributed by atoms with Gasteiger partial charge in [-0.05, 0) is 37.9 Å². The second kappa shape index (κ2) is 8.13. The molecule has 0 heterocycles. The molecule has 138 valence electrons. The van der Waals surface area contributed by atoms with Gasteiger partial charge >= 0.3 is 0 Å². The maximum absolute atomic E-state index is 12.6. The van der Waals surface area contributed by atoms with E-state index in [0.717, 1.165) is 0 Å². The van der Waals surface area contributed by atoms with Gasteiger partial charge in [0.1, 0.15) is 0 Å². The summed E-state index contributed by atoms with van der Waals surface area (Å²) in [6.45, 7) is 0. The molecule has 0 bridgehead atoms. The van der Waals surface area contributed by atoms with Gasteiger partial charge in [0.2, 0.25) is 0 Å². The summed E-state index contributed by atoms with van der Waals surface area (Å²) in [5, 5.41) is -0.354. The van der Waals surface area contributed by atoms with E-state index < -0.39 is 19.7 Å². The van der Waals surface area contributed by atoms with E-state index in [9.17, 15) is 13.0 Å². The fourth-order valence-corrected chi connectivity index (χ4v) is 10.2. The molecular weight excluding hydrogens is 766 g/mol. The highest BCUT2D eigenvalue weighted by Gasteiger charge is 2.59. The van der Waals surface area contributed by atoms with Crippen LogP contribution in [-0.2, 0) is 14.9 Å². The van der Waals surface area contributed by atoms with Gasteiger partial charge in [-0.25, -0.2) is 0 Å². The van der Waals surface area contributed by atoms with Gasteiger partial charge in [-0.3, -0.25) is 4.55 Å². The number of halogens is 9. The standard InChI is InChI=1S/C12H3Br5Cl4O3S/c13-5-6(14)10(16)12(25(22,23)24,11(17)7(5)15)4-8(20)2(18)1-3(19)9(4)21/h1,10H,(H,22,23,24). The minimum absolute atomic E-state index is 0.0186. The van der Waals surface area contributed by atoms with Crippen molar-refractivity contribution in [1.82, 2.24) is 0 Å². The fraction of sp³-hybridized carbons (Fsp3) is 0.167. The van der Waals surface area contributed by atoms with Crippen LogP contribution in [0.3, 0.4) is 0 Å². The Balaban J connectivity index is 3.16. The molecule has 1 aromatic carbocycles. The molecule has 0 aromatic heterocycles. The fourth-order valence-electron chi connectivity index (χ4n) is 2.27. The Hall–Kier alpha value is 2.17.